The van der Waals surface area contributed by atoms with E-state index in [0.29, 0.717) is 0 Å². The van der Waals surface area contributed by atoms with Crippen molar-refractivity contribution in [3.8, 4) is 0 Å². The maximum atomic E-state index is 5.84. The number of halogens is 2. The topological polar surface area (TPSA) is 38.9 Å². The van der Waals surface area contributed by atoms with Crippen LogP contribution in [0.2, 0.25) is 0 Å². The van der Waals surface area contributed by atoms with Gasteiger partial charge in [-0.2, -0.15) is 0 Å². The molecular formula is C12H10Br2N2S. The van der Waals surface area contributed by atoms with Gasteiger partial charge in [0.25, 0.3) is 0 Å². The van der Waals surface area contributed by atoms with E-state index in [1.807, 2.05) is 24.3 Å². The van der Waals surface area contributed by atoms with E-state index in [1.165, 1.54) is 5.56 Å². The van der Waals surface area contributed by atoms with Crippen molar-refractivity contribution in [2.45, 2.75) is 10.8 Å². The van der Waals surface area contributed by atoms with Gasteiger partial charge in [0, 0.05) is 26.6 Å². The van der Waals surface area contributed by atoms with E-state index in [4.69, 9.17) is 5.73 Å². The van der Waals surface area contributed by atoms with Crippen LogP contribution in [-0.2, 0) is 5.75 Å². The first-order valence-electron chi connectivity index (χ1n) is 4.94. The number of nitrogen functional groups attached to an aromatic ring is 1. The Morgan fingerprint density at radius 3 is 2.71 bits per heavy atom. The van der Waals surface area contributed by atoms with Gasteiger partial charge in [0.2, 0.25) is 0 Å². The SMILES string of the molecule is Nc1cc(CSc2ncccc2Br)ccc1Br. The van der Waals surface area contributed by atoms with Gasteiger partial charge in [-0.15, -0.1) is 11.8 Å². The Morgan fingerprint density at radius 2 is 2.00 bits per heavy atom. The van der Waals surface area contributed by atoms with Crippen molar-refractivity contribution in [1.29, 1.82) is 0 Å². The van der Waals surface area contributed by atoms with Crippen LogP contribution in [0.5, 0.6) is 0 Å². The molecule has 2 nitrogen and oxygen atoms in total. The summed E-state index contributed by atoms with van der Waals surface area (Å²) >= 11 is 8.55. The third kappa shape index (κ3) is 3.47. The number of anilines is 1. The quantitative estimate of drug-likeness (QED) is 0.636. The molecule has 0 spiro atoms. The summed E-state index contributed by atoms with van der Waals surface area (Å²) < 4.78 is 1.96. The highest BCUT2D eigenvalue weighted by atomic mass is 79.9. The molecule has 0 unspecified atom stereocenters. The highest BCUT2D eigenvalue weighted by molar-refractivity contribution is 9.10. The minimum Gasteiger partial charge on any atom is -0.398 e. The second-order valence-corrected chi connectivity index (χ2v) is 6.11. The second-order valence-electron chi connectivity index (χ2n) is 3.43. The molecule has 0 saturated heterocycles. The Kier molecular flexibility index (Phi) is 4.48. The van der Waals surface area contributed by atoms with Crippen LogP contribution in [0.3, 0.4) is 0 Å². The fraction of sp³-hybridized carbons (Fsp3) is 0.0833. The fourth-order valence-corrected chi connectivity index (χ4v) is 2.98. The van der Waals surface area contributed by atoms with Gasteiger partial charge < -0.3 is 5.73 Å². The van der Waals surface area contributed by atoms with Gasteiger partial charge >= 0.3 is 0 Å². The van der Waals surface area contributed by atoms with Gasteiger partial charge in [-0.25, -0.2) is 4.98 Å². The molecule has 0 atom stereocenters. The maximum Gasteiger partial charge on any atom is 0.110 e. The molecule has 0 bridgehead atoms. The van der Waals surface area contributed by atoms with Gasteiger partial charge in [0.05, 0.1) is 0 Å². The lowest BCUT2D eigenvalue weighted by molar-refractivity contribution is 1.11. The van der Waals surface area contributed by atoms with Gasteiger partial charge in [-0.3, -0.25) is 0 Å². The number of aromatic nitrogens is 1. The molecule has 0 saturated carbocycles. The van der Waals surface area contributed by atoms with E-state index < -0.39 is 0 Å². The predicted molar refractivity (Wildman–Crippen MR) is 80.1 cm³/mol. The van der Waals surface area contributed by atoms with Crippen molar-refractivity contribution in [3.05, 3.63) is 51.0 Å². The average Bonchev–Trinajstić information content (AvgIpc) is 2.32. The normalized spacial score (nSPS) is 10.5. The second kappa shape index (κ2) is 5.89. The number of pyridine rings is 1. The number of hydrogen-bond acceptors (Lipinski definition) is 3. The molecule has 0 radical (unpaired) electrons. The lowest BCUT2D eigenvalue weighted by Gasteiger charge is -2.05. The Morgan fingerprint density at radius 1 is 1.18 bits per heavy atom. The molecule has 1 heterocycles. The molecule has 1 aromatic carbocycles. The van der Waals surface area contributed by atoms with E-state index in [1.54, 1.807) is 18.0 Å². The van der Waals surface area contributed by atoms with E-state index in [0.717, 1.165) is 25.4 Å². The standard InChI is InChI=1S/C12H10Br2N2S/c13-9-4-3-8(6-11(9)15)7-17-12-10(14)2-1-5-16-12/h1-6H,7,15H2. The van der Waals surface area contributed by atoms with Gasteiger partial charge in [0.1, 0.15) is 5.03 Å². The zero-order valence-corrected chi connectivity index (χ0v) is 12.8. The minimum absolute atomic E-state index is 0.767. The number of nitrogens with two attached hydrogens (primary N) is 1. The van der Waals surface area contributed by atoms with Crippen LogP contribution in [0.1, 0.15) is 5.56 Å². The zero-order chi connectivity index (χ0) is 12.3. The van der Waals surface area contributed by atoms with Crippen molar-refractivity contribution in [2.75, 3.05) is 5.73 Å². The fourth-order valence-electron chi connectivity index (χ4n) is 1.31. The van der Waals surface area contributed by atoms with Crippen LogP contribution < -0.4 is 5.73 Å². The van der Waals surface area contributed by atoms with Crippen LogP contribution in [0.15, 0.2) is 50.5 Å². The van der Waals surface area contributed by atoms with Gasteiger partial charge in [-0.1, -0.05) is 6.07 Å². The van der Waals surface area contributed by atoms with Crippen molar-refractivity contribution >= 4 is 49.3 Å². The van der Waals surface area contributed by atoms with Crippen molar-refractivity contribution in [3.63, 3.8) is 0 Å². The molecule has 1 aromatic heterocycles. The van der Waals surface area contributed by atoms with E-state index in [9.17, 15) is 0 Å². The molecule has 2 rings (SSSR count). The minimum atomic E-state index is 0.767. The Hall–Kier alpha value is -0.520. The molecule has 88 valence electrons. The monoisotopic (exact) mass is 372 g/mol. The molecular weight excluding hydrogens is 364 g/mol. The van der Waals surface area contributed by atoms with Crippen molar-refractivity contribution in [2.24, 2.45) is 0 Å². The molecule has 0 aliphatic carbocycles. The molecule has 17 heavy (non-hydrogen) atoms. The van der Waals surface area contributed by atoms with Crippen LogP contribution >= 0.6 is 43.6 Å². The first-order chi connectivity index (χ1) is 8.16. The van der Waals surface area contributed by atoms with Crippen molar-refractivity contribution in [1.82, 2.24) is 4.98 Å². The smallest absolute Gasteiger partial charge is 0.110 e. The molecule has 0 amide bonds. The molecule has 2 N–H and O–H groups in total. The number of rotatable bonds is 3. The molecule has 0 aliphatic rings. The van der Waals surface area contributed by atoms with Crippen LogP contribution in [0, 0.1) is 0 Å². The molecule has 0 fully saturated rings. The van der Waals surface area contributed by atoms with Gasteiger partial charge in [0.15, 0.2) is 0 Å². The van der Waals surface area contributed by atoms with Crippen LogP contribution in [0.25, 0.3) is 0 Å². The van der Waals surface area contributed by atoms with E-state index in [2.05, 4.69) is 42.9 Å². The molecule has 0 aliphatic heterocycles. The van der Waals surface area contributed by atoms with E-state index in [-0.39, 0.29) is 0 Å². The first-order valence-corrected chi connectivity index (χ1v) is 7.51. The summed E-state index contributed by atoms with van der Waals surface area (Å²) in [6, 6.07) is 9.91. The van der Waals surface area contributed by atoms with Crippen LogP contribution in [0.4, 0.5) is 5.69 Å². The number of benzene rings is 1. The number of thioether (sulfide) groups is 1. The average molecular weight is 374 g/mol. The predicted octanol–water partition coefficient (Wildman–Crippen LogP) is 4.48. The Balaban J connectivity index is 2.08. The number of hydrogen-bond donors (Lipinski definition) is 1. The maximum absolute atomic E-state index is 5.84. The largest absolute Gasteiger partial charge is 0.398 e. The highest BCUT2D eigenvalue weighted by Crippen LogP contribution is 2.29. The first kappa shape index (κ1) is 12.9. The lowest BCUT2D eigenvalue weighted by Crippen LogP contribution is -1.89. The summed E-state index contributed by atoms with van der Waals surface area (Å²) in [6.07, 6.45) is 1.79. The zero-order valence-electron chi connectivity index (χ0n) is 8.86. The summed E-state index contributed by atoms with van der Waals surface area (Å²) in [4.78, 5) is 4.31. The Bertz CT molecular complexity index is 532. The van der Waals surface area contributed by atoms with Crippen LogP contribution in [-0.4, -0.2) is 4.98 Å². The third-order valence-electron chi connectivity index (χ3n) is 2.16. The lowest BCUT2D eigenvalue weighted by atomic mass is 10.2. The highest BCUT2D eigenvalue weighted by Gasteiger charge is 2.03. The van der Waals surface area contributed by atoms with Gasteiger partial charge in [-0.05, 0) is 61.7 Å². The number of nitrogens with zero attached hydrogens (tertiary/aromatic N) is 1. The van der Waals surface area contributed by atoms with Crippen molar-refractivity contribution < 1.29 is 0 Å². The summed E-state index contributed by atoms with van der Waals surface area (Å²) in [5, 5.41) is 0.994. The molecule has 5 heteroatoms. The summed E-state index contributed by atoms with van der Waals surface area (Å²) in [7, 11) is 0. The Labute approximate surface area is 121 Å². The van der Waals surface area contributed by atoms with E-state index >= 15 is 0 Å². The summed E-state index contributed by atoms with van der Waals surface area (Å²) in [6.45, 7) is 0. The molecule has 2 aromatic rings. The third-order valence-corrected chi connectivity index (χ3v) is 4.86. The summed E-state index contributed by atoms with van der Waals surface area (Å²) in [5.74, 6) is 0.854. The summed E-state index contributed by atoms with van der Waals surface area (Å²) in [5.41, 5.74) is 7.79.